The molecule has 0 radical (unpaired) electrons. The van der Waals surface area contributed by atoms with Gasteiger partial charge in [0.2, 0.25) is 5.91 Å². The van der Waals surface area contributed by atoms with Crippen molar-refractivity contribution in [2.75, 3.05) is 27.3 Å². The van der Waals surface area contributed by atoms with Crippen LogP contribution >= 0.6 is 0 Å². The van der Waals surface area contributed by atoms with Gasteiger partial charge < -0.3 is 20.1 Å². The zero-order chi connectivity index (χ0) is 14.3. The first-order valence-electron chi connectivity index (χ1n) is 5.83. The molecule has 0 fully saturated rings. The van der Waals surface area contributed by atoms with Gasteiger partial charge in [-0.2, -0.15) is 0 Å². The van der Waals surface area contributed by atoms with Crippen molar-refractivity contribution < 1.29 is 19.1 Å². The van der Waals surface area contributed by atoms with Gasteiger partial charge in [-0.25, -0.2) is 0 Å². The van der Waals surface area contributed by atoms with E-state index in [1.54, 1.807) is 25.3 Å². The van der Waals surface area contributed by atoms with Gasteiger partial charge in [0, 0.05) is 26.1 Å². The van der Waals surface area contributed by atoms with Gasteiger partial charge in [0.05, 0.1) is 19.8 Å². The van der Waals surface area contributed by atoms with Crippen molar-refractivity contribution in [2.45, 2.75) is 6.92 Å². The molecule has 104 valence electrons. The summed E-state index contributed by atoms with van der Waals surface area (Å²) in [7, 11) is 3.03. The van der Waals surface area contributed by atoms with E-state index in [0.29, 0.717) is 30.2 Å². The van der Waals surface area contributed by atoms with Gasteiger partial charge in [-0.05, 0) is 12.1 Å². The van der Waals surface area contributed by atoms with Crippen molar-refractivity contribution in [3.8, 4) is 11.5 Å². The average Bonchev–Trinajstić information content (AvgIpc) is 2.42. The smallest absolute Gasteiger partial charge is 0.255 e. The molecule has 0 spiro atoms. The number of rotatable bonds is 6. The van der Waals surface area contributed by atoms with Crippen LogP contribution < -0.4 is 20.1 Å². The fourth-order valence-electron chi connectivity index (χ4n) is 1.50. The van der Waals surface area contributed by atoms with Crippen molar-refractivity contribution in [3.63, 3.8) is 0 Å². The van der Waals surface area contributed by atoms with E-state index < -0.39 is 0 Å². The zero-order valence-corrected chi connectivity index (χ0v) is 11.3. The summed E-state index contributed by atoms with van der Waals surface area (Å²) in [6, 6.07) is 4.96. The summed E-state index contributed by atoms with van der Waals surface area (Å²) in [6.45, 7) is 2.17. The third-order valence-corrected chi connectivity index (χ3v) is 2.44. The van der Waals surface area contributed by atoms with E-state index >= 15 is 0 Å². The first-order chi connectivity index (χ1) is 9.08. The first-order valence-corrected chi connectivity index (χ1v) is 5.83. The molecule has 0 bridgehead atoms. The van der Waals surface area contributed by atoms with Gasteiger partial charge in [0.1, 0.15) is 11.5 Å². The van der Waals surface area contributed by atoms with Crippen LogP contribution in [-0.4, -0.2) is 39.1 Å². The van der Waals surface area contributed by atoms with Crippen LogP contribution in [0.1, 0.15) is 17.3 Å². The van der Waals surface area contributed by atoms with Gasteiger partial charge in [-0.1, -0.05) is 0 Å². The molecule has 1 aromatic carbocycles. The molecule has 0 saturated heterocycles. The number of hydrogen-bond acceptors (Lipinski definition) is 4. The number of amides is 2. The lowest BCUT2D eigenvalue weighted by atomic mass is 10.1. The molecule has 0 aromatic heterocycles. The maximum atomic E-state index is 11.9. The Morgan fingerprint density at radius 2 is 1.79 bits per heavy atom. The number of hydrogen-bond donors (Lipinski definition) is 2. The molecule has 0 aliphatic heterocycles. The van der Waals surface area contributed by atoms with E-state index in [1.807, 2.05) is 0 Å². The Morgan fingerprint density at radius 1 is 1.11 bits per heavy atom. The van der Waals surface area contributed by atoms with Crippen molar-refractivity contribution >= 4 is 11.8 Å². The summed E-state index contributed by atoms with van der Waals surface area (Å²) in [5, 5.41) is 5.29. The lowest BCUT2D eigenvalue weighted by Crippen LogP contribution is -2.33. The van der Waals surface area contributed by atoms with Crippen LogP contribution in [0.25, 0.3) is 0 Å². The number of carbonyl (C=O) groups excluding carboxylic acids is 2. The van der Waals surface area contributed by atoms with E-state index in [4.69, 9.17) is 9.47 Å². The first kappa shape index (κ1) is 14.8. The van der Waals surface area contributed by atoms with Crippen molar-refractivity contribution in [1.82, 2.24) is 10.6 Å². The van der Waals surface area contributed by atoms with E-state index in [0.717, 1.165) is 0 Å². The molecule has 1 rings (SSSR count). The summed E-state index contributed by atoms with van der Waals surface area (Å²) in [5.74, 6) is 0.671. The lowest BCUT2D eigenvalue weighted by molar-refractivity contribution is -0.118. The molecule has 0 aliphatic rings. The minimum atomic E-state index is -0.259. The molecule has 0 heterocycles. The molecular weight excluding hydrogens is 248 g/mol. The van der Waals surface area contributed by atoms with E-state index in [9.17, 15) is 9.59 Å². The van der Waals surface area contributed by atoms with Gasteiger partial charge in [-0.3, -0.25) is 9.59 Å². The molecule has 1 aromatic rings. The summed E-state index contributed by atoms with van der Waals surface area (Å²) in [5.41, 5.74) is 0.422. The lowest BCUT2D eigenvalue weighted by Gasteiger charge is -2.10. The van der Waals surface area contributed by atoms with Gasteiger partial charge in [0.15, 0.2) is 0 Å². The van der Waals surface area contributed by atoms with Crippen LogP contribution in [-0.2, 0) is 4.79 Å². The van der Waals surface area contributed by atoms with E-state index in [1.165, 1.54) is 14.0 Å². The normalized spacial score (nSPS) is 9.63. The Labute approximate surface area is 112 Å². The molecule has 0 aliphatic carbocycles. The fourth-order valence-corrected chi connectivity index (χ4v) is 1.50. The van der Waals surface area contributed by atoms with Crippen LogP contribution in [0.3, 0.4) is 0 Å². The second-order valence-corrected chi connectivity index (χ2v) is 3.81. The molecule has 6 heteroatoms. The monoisotopic (exact) mass is 266 g/mol. The summed E-state index contributed by atoms with van der Waals surface area (Å²) < 4.78 is 10.2. The number of methoxy groups -OCH3 is 2. The zero-order valence-electron chi connectivity index (χ0n) is 11.3. The summed E-state index contributed by atoms with van der Waals surface area (Å²) in [6.07, 6.45) is 0. The maximum absolute atomic E-state index is 11.9. The largest absolute Gasteiger partial charge is 0.497 e. The van der Waals surface area contributed by atoms with Gasteiger partial charge in [0.25, 0.3) is 5.91 Å². The van der Waals surface area contributed by atoms with Crippen LogP contribution in [0.2, 0.25) is 0 Å². The number of carbonyl (C=O) groups is 2. The van der Waals surface area contributed by atoms with Gasteiger partial charge >= 0.3 is 0 Å². The molecule has 0 saturated carbocycles. The number of nitrogens with one attached hydrogen (secondary N) is 2. The Kier molecular flexibility index (Phi) is 5.66. The highest BCUT2D eigenvalue weighted by Crippen LogP contribution is 2.24. The molecule has 0 atom stereocenters. The maximum Gasteiger partial charge on any atom is 0.255 e. The standard InChI is InChI=1S/C13H18N2O4/c1-9(16)14-6-7-15-13(17)11-5-4-10(18-2)8-12(11)19-3/h4-5,8H,6-7H2,1-3H3,(H,14,16)(H,15,17). The Morgan fingerprint density at radius 3 is 2.37 bits per heavy atom. The van der Waals surface area contributed by atoms with Crippen LogP contribution in [0.15, 0.2) is 18.2 Å². The Hall–Kier alpha value is -2.24. The predicted octanol–water partition coefficient (Wildman–Crippen LogP) is 0.570. The quantitative estimate of drug-likeness (QED) is 0.738. The highest BCUT2D eigenvalue weighted by atomic mass is 16.5. The third-order valence-electron chi connectivity index (χ3n) is 2.44. The van der Waals surface area contributed by atoms with E-state index in [2.05, 4.69) is 10.6 Å². The predicted molar refractivity (Wildman–Crippen MR) is 70.6 cm³/mol. The number of ether oxygens (including phenoxy) is 2. The third kappa shape index (κ3) is 4.50. The molecule has 2 N–H and O–H groups in total. The summed E-state index contributed by atoms with van der Waals surface area (Å²) >= 11 is 0. The second kappa shape index (κ2) is 7.25. The van der Waals surface area contributed by atoms with Gasteiger partial charge in [-0.15, -0.1) is 0 Å². The van der Waals surface area contributed by atoms with Crippen LogP contribution in [0, 0.1) is 0 Å². The highest BCUT2D eigenvalue weighted by Gasteiger charge is 2.12. The fraction of sp³-hybridized carbons (Fsp3) is 0.385. The Bertz CT molecular complexity index is 460. The SMILES string of the molecule is COc1ccc(C(=O)NCCNC(C)=O)c(OC)c1. The van der Waals surface area contributed by atoms with Crippen LogP contribution in [0.5, 0.6) is 11.5 Å². The van der Waals surface area contributed by atoms with Crippen molar-refractivity contribution in [3.05, 3.63) is 23.8 Å². The molecule has 6 nitrogen and oxygen atoms in total. The topological polar surface area (TPSA) is 76.7 Å². The Balaban J connectivity index is 2.63. The summed E-state index contributed by atoms with van der Waals surface area (Å²) in [4.78, 5) is 22.6. The number of benzene rings is 1. The van der Waals surface area contributed by atoms with Crippen molar-refractivity contribution in [2.24, 2.45) is 0 Å². The molecule has 0 unspecified atom stereocenters. The molecular formula is C13H18N2O4. The highest BCUT2D eigenvalue weighted by molar-refractivity contribution is 5.97. The minimum Gasteiger partial charge on any atom is -0.497 e. The molecule has 2 amide bonds. The van der Waals surface area contributed by atoms with Crippen molar-refractivity contribution in [1.29, 1.82) is 0 Å². The van der Waals surface area contributed by atoms with Crippen LogP contribution in [0.4, 0.5) is 0 Å². The minimum absolute atomic E-state index is 0.128. The second-order valence-electron chi connectivity index (χ2n) is 3.81. The average molecular weight is 266 g/mol. The molecule has 19 heavy (non-hydrogen) atoms. The van der Waals surface area contributed by atoms with E-state index in [-0.39, 0.29) is 11.8 Å².